The van der Waals surface area contributed by atoms with E-state index in [9.17, 15) is 13.2 Å². The van der Waals surface area contributed by atoms with Crippen molar-refractivity contribution in [3.8, 4) is 0 Å². The van der Waals surface area contributed by atoms with Crippen molar-refractivity contribution in [2.75, 3.05) is 10.6 Å². The molecular weight excluding hydrogens is 396 g/mol. The van der Waals surface area contributed by atoms with Gasteiger partial charge >= 0.3 is 0 Å². The Bertz CT molecular complexity index is 1080. The predicted octanol–water partition coefficient (Wildman–Crippen LogP) is 4.53. The molecule has 0 heterocycles. The van der Waals surface area contributed by atoms with E-state index in [1.165, 1.54) is 4.31 Å². The van der Waals surface area contributed by atoms with Crippen LogP contribution >= 0.6 is 0 Å². The highest BCUT2D eigenvalue weighted by molar-refractivity contribution is 7.92. The average molecular weight is 423 g/mol. The number of hydrogen-bond acceptors (Lipinski definition) is 3. The molecule has 6 heteroatoms. The number of amides is 1. The van der Waals surface area contributed by atoms with Crippen molar-refractivity contribution < 1.29 is 13.2 Å². The molecule has 30 heavy (non-hydrogen) atoms. The first-order chi connectivity index (χ1) is 14.4. The van der Waals surface area contributed by atoms with E-state index in [-0.39, 0.29) is 18.5 Å². The fraction of sp³-hybridized carbons (Fsp3) is 0.208. The summed E-state index contributed by atoms with van der Waals surface area (Å²) in [4.78, 5) is 13.2. The Balaban J connectivity index is 1.94. The van der Waals surface area contributed by atoms with Crippen molar-refractivity contribution in [3.63, 3.8) is 0 Å². The summed E-state index contributed by atoms with van der Waals surface area (Å²) in [7, 11) is -3.61. The number of nitrogens with one attached hydrogen (secondary N) is 1. The van der Waals surface area contributed by atoms with Crippen LogP contribution in [0.2, 0.25) is 0 Å². The summed E-state index contributed by atoms with van der Waals surface area (Å²) in [6.45, 7) is 2.15. The van der Waals surface area contributed by atoms with Crippen LogP contribution in [0.15, 0.2) is 84.9 Å². The molecule has 0 bridgehead atoms. The van der Waals surface area contributed by atoms with E-state index >= 15 is 0 Å². The third kappa shape index (κ3) is 5.27. The van der Waals surface area contributed by atoms with E-state index in [1.807, 2.05) is 67.6 Å². The van der Waals surface area contributed by atoms with Gasteiger partial charge in [-0.05, 0) is 29.7 Å². The molecule has 0 radical (unpaired) electrons. The fourth-order valence-electron chi connectivity index (χ4n) is 3.36. The SMILES string of the molecule is CC[C@@H](NC(=O)c1ccccc1N(Cc1ccccc1)S(C)(=O)=O)c1ccccc1. The second kappa shape index (κ2) is 9.59. The van der Waals surface area contributed by atoms with Gasteiger partial charge in [-0.1, -0.05) is 79.7 Å². The molecule has 156 valence electrons. The topological polar surface area (TPSA) is 66.5 Å². The van der Waals surface area contributed by atoms with Crippen LogP contribution in [0.25, 0.3) is 0 Å². The van der Waals surface area contributed by atoms with Gasteiger partial charge < -0.3 is 5.32 Å². The van der Waals surface area contributed by atoms with Gasteiger partial charge in [-0.15, -0.1) is 0 Å². The molecule has 0 unspecified atom stereocenters. The highest BCUT2D eigenvalue weighted by Crippen LogP contribution is 2.26. The number of sulfonamides is 1. The van der Waals surface area contributed by atoms with Crippen LogP contribution in [0, 0.1) is 0 Å². The Labute approximate surface area is 178 Å². The van der Waals surface area contributed by atoms with Gasteiger partial charge in [-0.25, -0.2) is 8.42 Å². The van der Waals surface area contributed by atoms with Crippen molar-refractivity contribution in [2.45, 2.75) is 25.9 Å². The fourth-order valence-corrected chi connectivity index (χ4v) is 4.26. The molecule has 0 saturated heterocycles. The lowest BCUT2D eigenvalue weighted by molar-refractivity contribution is 0.0936. The number of nitrogens with zero attached hydrogens (tertiary/aromatic N) is 1. The molecule has 3 aromatic carbocycles. The quantitative estimate of drug-likeness (QED) is 0.580. The Kier molecular flexibility index (Phi) is 6.90. The van der Waals surface area contributed by atoms with E-state index in [1.54, 1.807) is 24.3 Å². The van der Waals surface area contributed by atoms with Gasteiger partial charge in [0.25, 0.3) is 5.91 Å². The molecule has 0 aromatic heterocycles. The Morgan fingerprint density at radius 1 is 0.900 bits per heavy atom. The van der Waals surface area contributed by atoms with E-state index < -0.39 is 10.0 Å². The van der Waals surface area contributed by atoms with Crippen LogP contribution in [-0.2, 0) is 16.6 Å². The van der Waals surface area contributed by atoms with Crippen molar-refractivity contribution in [2.24, 2.45) is 0 Å². The van der Waals surface area contributed by atoms with Crippen molar-refractivity contribution in [3.05, 3.63) is 102 Å². The number of anilines is 1. The largest absolute Gasteiger partial charge is 0.345 e. The highest BCUT2D eigenvalue weighted by Gasteiger charge is 2.24. The van der Waals surface area contributed by atoms with Gasteiger partial charge in [0, 0.05) is 0 Å². The lowest BCUT2D eigenvalue weighted by Crippen LogP contribution is -2.33. The molecule has 0 spiro atoms. The minimum atomic E-state index is -3.61. The van der Waals surface area contributed by atoms with E-state index in [2.05, 4.69) is 5.32 Å². The lowest BCUT2D eigenvalue weighted by Gasteiger charge is -2.25. The maximum Gasteiger partial charge on any atom is 0.253 e. The number of para-hydroxylation sites is 1. The first-order valence-electron chi connectivity index (χ1n) is 9.86. The first-order valence-corrected chi connectivity index (χ1v) is 11.7. The van der Waals surface area contributed by atoms with Gasteiger partial charge in [0.15, 0.2) is 0 Å². The van der Waals surface area contributed by atoms with Gasteiger partial charge in [0.1, 0.15) is 0 Å². The normalized spacial score (nSPS) is 12.2. The molecule has 3 rings (SSSR count). The number of hydrogen-bond donors (Lipinski definition) is 1. The number of carbonyl (C=O) groups is 1. The standard InChI is InChI=1S/C24H26N2O3S/c1-3-22(20-14-8-5-9-15-20)25-24(27)21-16-10-11-17-23(21)26(30(2,28)29)18-19-12-6-4-7-13-19/h4-17,22H,3,18H2,1-2H3,(H,25,27)/t22-/m1/s1. The van der Waals surface area contributed by atoms with Crippen LogP contribution in [-0.4, -0.2) is 20.6 Å². The summed E-state index contributed by atoms with van der Waals surface area (Å²) < 4.78 is 26.5. The molecule has 0 aliphatic carbocycles. The molecular formula is C24H26N2O3S. The van der Waals surface area contributed by atoms with Crippen LogP contribution in [0.5, 0.6) is 0 Å². The third-order valence-corrected chi connectivity index (χ3v) is 6.03. The smallest absolute Gasteiger partial charge is 0.253 e. The highest BCUT2D eigenvalue weighted by atomic mass is 32.2. The third-order valence-electron chi connectivity index (χ3n) is 4.90. The van der Waals surface area contributed by atoms with Crippen LogP contribution in [0.1, 0.15) is 40.9 Å². The van der Waals surface area contributed by atoms with Crippen LogP contribution in [0.4, 0.5) is 5.69 Å². The Hall–Kier alpha value is -3.12. The Morgan fingerprint density at radius 3 is 2.07 bits per heavy atom. The minimum Gasteiger partial charge on any atom is -0.345 e. The second-order valence-corrected chi connectivity index (χ2v) is 9.02. The maximum atomic E-state index is 13.2. The van der Waals surface area contributed by atoms with Crippen LogP contribution in [0.3, 0.4) is 0 Å². The second-order valence-electron chi connectivity index (χ2n) is 7.12. The van der Waals surface area contributed by atoms with Gasteiger partial charge in [-0.2, -0.15) is 0 Å². The molecule has 0 saturated carbocycles. The zero-order valence-electron chi connectivity index (χ0n) is 17.2. The minimum absolute atomic E-state index is 0.153. The molecule has 1 N–H and O–H groups in total. The number of carbonyl (C=O) groups excluding carboxylic acids is 1. The van der Waals surface area contributed by atoms with Crippen molar-refractivity contribution in [1.29, 1.82) is 0 Å². The average Bonchev–Trinajstić information content (AvgIpc) is 2.76. The summed E-state index contributed by atoms with van der Waals surface area (Å²) in [6, 6.07) is 25.7. The van der Waals surface area contributed by atoms with Gasteiger partial charge in [0.2, 0.25) is 10.0 Å². The molecule has 1 atom stereocenters. The van der Waals surface area contributed by atoms with E-state index in [4.69, 9.17) is 0 Å². The zero-order chi connectivity index (χ0) is 21.6. The monoisotopic (exact) mass is 422 g/mol. The van der Waals surface area contributed by atoms with Crippen molar-refractivity contribution >= 4 is 21.6 Å². The summed E-state index contributed by atoms with van der Waals surface area (Å²) in [5, 5.41) is 3.05. The summed E-state index contributed by atoms with van der Waals surface area (Å²) in [6.07, 6.45) is 1.88. The number of rotatable bonds is 8. The van der Waals surface area contributed by atoms with Crippen LogP contribution < -0.4 is 9.62 Å². The molecule has 3 aromatic rings. The van der Waals surface area contributed by atoms with Gasteiger partial charge in [0.05, 0.1) is 30.1 Å². The predicted molar refractivity (Wildman–Crippen MR) is 121 cm³/mol. The molecule has 0 aliphatic heterocycles. The number of benzene rings is 3. The molecule has 1 amide bonds. The molecule has 5 nitrogen and oxygen atoms in total. The Morgan fingerprint density at radius 2 is 1.47 bits per heavy atom. The van der Waals surface area contributed by atoms with E-state index in [0.717, 1.165) is 23.8 Å². The summed E-state index contributed by atoms with van der Waals surface area (Å²) >= 11 is 0. The van der Waals surface area contributed by atoms with Gasteiger partial charge in [-0.3, -0.25) is 9.10 Å². The first kappa shape index (κ1) is 21.6. The summed E-state index contributed by atoms with van der Waals surface area (Å²) in [5.41, 5.74) is 2.54. The molecule has 0 fully saturated rings. The van der Waals surface area contributed by atoms with E-state index in [0.29, 0.717) is 11.3 Å². The zero-order valence-corrected chi connectivity index (χ0v) is 18.0. The summed E-state index contributed by atoms with van der Waals surface area (Å²) in [5.74, 6) is -0.303. The van der Waals surface area contributed by atoms with Crippen molar-refractivity contribution in [1.82, 2.24) is 5.32 Å². The maximum absolute atomic E-state index is 13.2. The molecule has 0 aliphatic rings. The lowest BCUT2D eigenvalue weighted by atomic mass is 10.0.